The number of hydrogen-bond acceptors (Lipinski definition) is 6. The summed E-state index contributed by atoms with van der Waals surface area (Å²) in [6.45, 7) is 4.20. The first-order valence-corrected chi connectivity index (χ1v) is 10.4. The van der Waals surface area contributed by atoms with Crippen LogP contribution < -0.4 is 4.74 Å². The van der Waals surface area contributed by atoms with Crippen LogP contribution in [0, 0.1) is 12.8 Å². The van der Waals surface area contributed by atoms with Crippen molar-refractivity contribution >= 4 is 5.91 Å². The average Bonchev–Trinajstić information content (AvgIpc) is 3.27. The summed E-state index contributed by atoms with van der Waals surface area (Å²) in [6, 6.07) is 13.6. The minimum Gasteiger partial charge on any atom is -0.493 e. The fraction of sp³-hybridized carbons (Fsp3) is 0.391. The Hall–Kier alpha value is -3.22. The fourth-order valence-electron chi connectivity index (χ4n) is 3.68. The van der Waals surface area contributed by atoms with Gasteiger partial charge >= 0.3 is 0 Å². The Labute approximate surface area is 176 Å². The van der Waals surface area contributed by atoms with Gasteiger partial charge in [0.25, 0.3) is 0 Å². The van der Waals surface area contributed by atoms with E-state index in [0.717, 1.165) is 37.2 Å². The second-order valence-corrected chi connectivity index (χ2v) is 7.65. The molecule has 0 spiro atoms. The van der Waals surface area contributed by atoms with E-state index in [1.54, 1.807) is 6.20 Å². The standard InChI is InChI=1S/C23H26N4O3/c1-17-7-2-3-10-20(17)29-16-18-8-6-14-27(15-18)22(28)12-11-21-25-23(26-30-21)19-9-4-5-13-24-19/h2-5,7,9-10,13,18H,6,8,11-12,14-16H2,1H3/t18-/m1/s1. The van der Waals surface area contributed by atoms with Gasteiger partial charge in [-0.3, -0.25) is 9.78 Å². The molecule has 1 atom stereocenters. The Kier molecular flexibility index (Phi) is 6.37. The number of aromatic nitrogens is 3. The highest BCUT2D eigenvalue weighted by Crippen LogP contribution is 2.22. The van der Waals surface area contributed by atoms with Crippen LogP contribution in [0.2, 0.25) is 0 Å². The van der Waals surface area contributed by atoms with Crippen LogP contribution in [0.1, 0.15) is 30.7 Å². The lowest BCUT2D eigenvalue weighted by Gasteiger charge is -2.32. The van der Waals surface area contributed by atoms with Crippen LogP contribution in [0.3, 0.4) is 0 Å². The van der Waals surface area contributed by atoms with Gasteiger partial charge in [0, 0.05) is 38.0 Å². The van der Waals surface area contributed by atoms with Crippen molar-refractivity contribution in [3.8, 4) is 17.3 Å². The summed E-state index contributed by atoms with van der Waals surface area (Å²) < 4.78 is 11.3. The topological polar surface area (TPSA) is 81.4 Å². The molecule has 1 fully saturated rings. The Balaban J connectivity index is 1.26. The predicted octanol–water partition coefficient (Wildman–Crippen LogP) is 3.69. The van der Waals surface area contributed by atoms with E-state index in [1.165, 1.54) is 0 Å². The number of rotatable bonds is 7. The first kappa shape index (κ1) is 20.1. The molecule has 0 N–H and O–H groups in total. The Bertz CT molecular complexity index is 973. The molecule has 2 aromatic heterocycles. The minimum atomic E-state index is 0.119. The van der Waals surface area contributed by atoms with Crippen LogP contribution in [0.4, 0.5) is 0 Å². The molecule has 1 aliphatic rings. The number of ether oxygens (including phenoxy) is 1. The third-order valence-corrected chi connectivity index (χ3v) is 5.35. The molecular formula is C23H26N4O3. The van der Waals surface area contributed by atoms with Crippen LogP contribution in [0.15, 0.2) is 53.2 Å². The van der Waals surface area contributed by atoms with Crippen LogP contribution >= 0.6 is 0 Å². The molecule has 1 saturated heterocycles. The Morgan fingerprint density at radius 3 is 2.93 bits per heavy atom. The summed E-state index contributed by atoms with van der Waals surface area (Å²) >= 11 is 0. The Morgan fingerprint density at radius 1 is 1.23 bits per heavy atom. The van der Waals surface area contributed by atoms with Gasteiger partial charge in [0.05, 0.1) is 6.61 Å². The van der Waals surface area contributed by atoms with Gasteiger partial charge in [-0.05, 0) is 43.5 Å². The highest BCUT2D eigenvalue weighted by Gasteiger charge is 2.24. The van der Waals surface area contributed by atoms with Gasteiger partial charge < -0.3 is 14.2 Å². The highest BCUT2D eigenvalue weighted by atomic mass is 16.5. The number of likely N-dealkylation sites (tertiary alicyclic amines) is 1. The number of hydrogen-bond donors (Lipinski definition) is 0. The van der Waals surface area contributed by atoms with Gasteiger partial charge in [0.1, 0.15) is 11.4 Å². The van der Waals surface area contributed by atoms with Gasteiger partial charge in [0.2, 0.25) is 17.6 Å². The van der Waals surface area contributed by atoms with Crippen LogP contribution in [0.25, 0.3) is 11.5 Å². The SMILES string of the molecule is Cc1ccccc1OC[C@@H]1CCCN(C(=O)CCc2nc(-c3ccccn3)no2)C1. The molecule has 1 aromatic carbocycles. The number of aryl methyl sites for hydroxylation is 2. The smallest absolute Gasteiger partial charge is 0.227 e. The first-order valence-electron chi connectivity index (χ1n) is 10.4. The zero-order valence-electron chi connectivity index (χ0n) is 17.2. The lowest BCUT2D eigenvalue weighted by molar-refractivity contribution is -0.133. The van der Waals surface area contributed by atoms with E-state index in [1.807, 2.05) is 54.3 Å². The monoisotopic (exact) mass is 406 g/mol. The largest absolute Gasteiger partial charge is 0.493 e. The molecule has 7 nitrogen and oxygen atoms in total. The van der Waals surface area contributed by atoms with Gasteiger partial charge in [0.15, 0.2) is 0 Å². The van der Waals surface area contributed by atoms with Crippen molar-refractivity contribution in [3.63, 3.8) is 0 Å². The van der Waals surface area contributed by atoms with Crippen molar-refractivity contribution in [1.82, 2.24) is 20.0 Å². The van der Waals surface area contributed by atoms with E-state index in [2.05, 4.69) is 15.1 Å². The molecule has 0 aliphatic carbocycles. The lowest BCUT2D eigenvalue weighted by atomic mass is 9.98. The minimum absolute atomic E-state index is 0.119. The maximum Gasteiger partial charge on any atom is 0.227 e. The number of carbonyl (C=O) groups is 1. The van der Waals surface area contributed by atoms with Gasteiger partial charge in [-0.15, -0.1) is 0 Å². The van der Waals surface area contributed by atoms with E-state index < -0.39 is 0 Å². The second-order valence-electron chi connectivity index (χ2n) is 7.65. The molecular weight excluding hydrogens is 380 g/mol. The zero-order valence-corrected chi connectivity index (χ0v) is 17.2. The van der Waals surface area contributed by atoms with Crippen molar-refractivity contribution in [2.45, 2.75) is 32.6 Å². The third kappa shape index (κ3) is 5.03. The number of pyridine rings is 1. The van der Waals surface area contributed by atoms with E-state index in [-0.39, 0.29) is 5.91 Å². The van der Waals surface area contributed by atoms with Gasteiger partial charge in [-0.2, -0.15) is 4.98 Å². The number of benzene rings is 1. The molecule has 156 valence electrons. The predicted molar refractivity (Wildman–Crippen MR) is 112 cm³/mol. The second kappa shape index (κ2) is 9.52. The number of carbonyl (C=O) groups excluding carboxylic acids is 1. The van der Waals surface area contributed by atoms with E-state index in [4.69, 9.17) is 9.26 Å². The highest BCUT2D eigenvalue weighted by molar-refractivity contribution is 5.76. The summed E-state index contributed by atoms with van der Waals surface area (Å²) in [7, 11) is 0. The van der Waals surface area contributed by atoms with Crippen LogP contribution in [-0.4, -0.2) is 45.6 Å². The molecule has 3 aromatic rings. The van der Waals surface area contributed by atoms with Crippen molar-refractivity contribution in [3.05, 3.63) is 60.1 Å². The summed E-state index contributed by atoms with van der Waals surface area (Å²) in [5.74, 6) is 2.29. The van der Waals surface area contributed by atoms with Crippen molar-refractivity contribution in [1.29, 1.82) is 0 Å². The average molecular weight is 406 g/mol. The van der Waals surface area contributed by atoms with Crippen molar-refractivity contribution in [2.24, 2.45) is 5.92 Å². The molecule has 0 saturated carbocycles. The molecule has 0 radical (unpaired) electrons. The summed E-state index contributed by atoms with van der Waals surface area (Å²) in [4.78, 5) is 23.2. The summed E-state index contributed by atoms with van der Waals surface area (Å²) in [5, 5.41) is 3.96. The molecule has 3 heterocycles. The van der Waals surface area contributed by atoms with Gasteiger partial charge in [-0.1, -0.05) is 29.4 Å². The van der Waals surface area contributed by atoms with E-state index in [0.29, 0.717) is 42.8 Å². The zero-order chi connectivity index (χ0) is 20.8. The number of amides is 1. The molecule has 0 unspecified atom stereocenters. The first-order chi connectivity index (χ1) is 14.7. The van der Waals surface area contributed by atoms with Gasteiger partial charge in [-0.25, -0.2) is 0 Å². The van der Waals surface area contributed by atoms with Crippen molar-refractivity contribution < 1.29 is 14.1 Å². The normalized spacial score (nSPS) is 16.4. The maximum atomic E-state index is 12.7. The fourth-order valence-corrected chi connectivity index (χ4v) is 3.68. The number of piperidine rings is 1. The van der Waals surface area contributed by atoms with Crippen LogP contribution in [-0.2, 0) is 11.2 Å². The molecule has 0 bridgehead atoms. The third-order valence-electron chi connectivity index (χ3n) is 5.35. The maximum absolute atomic E-state index is 12.7. The molecule has 7 heteroatoms. The number of nitrogens with zero attached hydrogens (tertiary/aromatic N) is 4. The molecule has 4 rings (SSSR count). The molecule has 30 heavy (non-hydrogen) atoms. The number of para-hydroxylation sites is 1. The summed E-state index contributed by atoms with van der Waals surface area (Å²) in [6.07, 6.45) is 4.55. The quantitative estimate of drug-likeness (QED) is 0.595. The Morgan fingerprint density at radius 2 is 2.10 bits per heavy atom. The van der Waals surface area contributed by atoms with Crippen molar-refractivity contribution in [2.75, 3.05) is 19.7 Å². The molecule has 1 amide bonds. The van der Waals surface area contributed by atoms with E-state index >= 15 is 0 Å². The molecule has 1 aliphatic heterocycles. The lowest BCUT2D eigenvalue weighted by Crippen LogP contribution is -2.41. The van der Waals surface area contributed by atoms with E-state index in [9.17, 15) is 4.79 Å². The summed E-state index contributed by atoms with van der Waals surface area (Å²) in [5.41, 5.74) is 1.79. The van der Waals surface area contributed by atoms with Crippen LogP contribution in [0.5, 0.6) is 5.75 Å².